The molecule has 0 unspecified atom stereocenters. The molecule has 0 atom stereocenters. The fourth-order valence-electron chi connectivity index (χ4n) is 1.52. The molecule has 0 aliphatic heterocycles. The van der Waals surface area contributed by atoms with Crippen molar-refractivity contribution in [3.63, 3.8) is 0 Å². The molecule has 0 aliphatic carbocycles. The van der Waals surface area contributed by atoms with Gasteiger partial charge in [0.15, 0.2) is 0 Å². The third-order valence-electron chi connectivity index (χ3n) is 2.38. The Morgan fingerprint density at radius 1 is 0.875 bits per heavy atom. The van der Waals surface area contributed by atoms with Gasteiger partial charge >= 0.3 is 0 Å². The molecule has 0 aliphatic rings. The van der Waals surface area contributed by atoms with Gasteiger partial charge in [0.25, 0.3) is 0 Å². The minimum absolute atomic E-state index is 0.983. The zero-order chi connectivity index (χ0) is 11.2. The van der Waals surface area contributed by atoms with Gasteiger partial charge in [0.05, 0.1) is 0 Å². The molecule has 0 aromatic heterocycles. The number of allylic oxidation sites excluding steroid dienone is 1. The van der Waals surface area contributed by atoms with E-state index in [1.807, 2.05) is 6.07 Å². The van der Waals surface area contributed by atoms with Crippen LogP contribution in [-0.2, 0) is 6.42 Å². The summed E-state index contributed by atoms with van der Waals surface area (Å²) in [6, 6.07) is 18.8. The Labute approximate surface area is 105 Å². The molecule has 0 bridgehead atoms. The Morgan fingerprint density at radius 3 is 2.25 bits per heavy atom. The van der Waals surface area contributed by atoms with Crippen molar-refractivity contribution in [3.8, 4) is 0 Å². The van der Waals surface area contributed by atoms with Gasteiger partial charge < -0.3 is 0 Å². The van der Waals surface area contributed by atoms with Gasteiger partial charge in [-0.3, -0.25) is 0 Å². The lowest BCUT2D eigenvalue weighted by molar-refractivity contribution is 1.28. The second-order valence-corrected chi connectivity index (χ2v) is 4.56. The van der Waals surface area contributed by atoms with E-state index in [1.165, 1.54) is 11.1 Å². The van der Waals surface area contributed by atoms with Crippen LogP contribution in [-0.4, -0.2) is 0 Å². The first-order valence-electron chi connectivity index (χ1n) is 5.30. The molecule has 0 radical (unpaired) electrons. The van der Waals surface area contributed by atoms with Crippen molar-refractivity contribution in [1.82, 2.24) is 0 Å². The van der Waals surface area contributed by atoms with Crippen LogP contribution in [0.2, 0.25) is 0 Å². The number of hydrogen-bond acceptors (Lipinski definition) is 0. The second kappa shape index (κ2) is 5.66. The molecule has 1 heteroatoms. The summed E-state index contributed by atoms with van der Waals surface area (Å²) in [4.78, 5) is 0. The highest BCUT2D eigenvalue weighted by molar-refractivity contribution is 9.10. The zero-order valence-electron chi connectivity index (χ0n) is 8.94. The Morgan fingerprint density at radius 2 is 1.56 bits per heavy atom. The van der Waals surface area contributed by atoms with Gasteiger partial charge in [-0.15, -0.1) is 0 Å². The van der Waals surface area contributed by atoms with E-state index < -0.39 is 0 Å². The van der Waals surface area contributed by atoms with E-state index in [1.54, 1.807) is 0 Å². The molecule has 0 saturated heterocycles. The standard InChI is InChI=1S/C15H13Br/c16-15-11-9-14(10-12-15)8-4-7-13-5-2-1-3-6-13/h1-6,8-12H,7H2. The van der Waals surface area contributed by atoms with Gasteiger partial charge in [-0.25, -0.2) is 0 Å². The highest BCUT2D eigenvalue weighted by atomic mass is 79.9. The van der Waals surface area contributed by atoms with Crippen LogP contribution in [0.4, 0.5) is 0 Å². The van der Waals surface area contributed by atoms with Crippen molar-refractivity contribution in [1.29, 1.82) is 0 Å². The number of halogens is 1. The van der Waals surface area contributed by atoms with Crippen LogP contribution in [0, 0.1) is 0 Å². The molecular weight excluding hydrogens is 260 g/mol. The SMILES string of the molecule is Brc1ccc(C=CCc2ccccc2)cc1. The first kappa shape index (κ1) is 11.2. The molecule has 0 saturated carbocycles. The normalized spacial score (nSPS) is 10.8. The van der Waals surface area contributed by atoms with Crippen molar-refractivity contribution < 1.29 is 0 Å². The highest BCUT2D eigenvalue weighted by Crippen LogP contribution is 2.12. The van der Waals surface area contributed by atoms with Crippen LogP contribution in [0.15, 0.2) is 65.1 Å². The summed E-state index contributed by atoms with van der Waals surface area (Å²) >= 11 is 3.43. The Hall–Kier alpha value is -1.34. The molecule has 0 N–H and O–H groups in total. The van der Waals surface area contributed by atoms with Crippen molar-refractivity contribution in [2.45, 2.75) is 6.42 Å². The van der Waals surface area contributed by atoms with Crippen molar-refractivity contribution in [3.05, 3.63) is 76.3 Å². The van der Waals surface area contributed by atoms with Crippen LogP contribution in [0.5, 0.6) is 0 Å². The van der Waals surface area contributed by atoms with E-state index in [9.17, 15) is 0 Å². The number of benzene rings is 2. The molecule has 0 fully saturated rings. The predicted octanol–water partition coefficient (Wildman–Crippen LogP) is 4.71. The lowest BCUT2D eigenvalue weighted by Gasteiger charge is -1.95. The molecule has 2 rings (SSSR count). The van der Waals surface area contributed by atoms with Gasteiger partial charge in [0.2, 0.25) is 0 Å². The van der Waals surface area contributed by atoms with Gasteiger partial charge in [-0.1, -0.05) is 70.5 Å². The Balaban J connectivity index is 1.98. The third kappa shape index (κ3) is 3.35. The summed E-state index contributed by atoms with van der Waals surface area (Å²) in [6.07, 6.45) is 5.33. The zero-order valence-corrected chi connectivity index (χ0v) is 10.5. The molecule has 2 aromatic carbocycles. The van der Waals surface area contributed by atoms with E-state index in [0.717, 1.165) is 10.9 Å². The maximum atomic E-state index is 3.43. The summed E-state index contributed by atoms with van der Waals surface area (Å²) < 4.78 is 1.12. The van der Waals surface area contributed by atoms with Crippen LogP contribution >= 0.6 is 15.9 Å². The fourth-order valence-corrected chi connectivity index (χ4v) is 1.78. The minimum Gasteiger partial charge on any atom is -0.0795 e. The molecular formula is C15H13Br. The molecule has 0 spiro atoms. The predicted molar refractivity (Wildman–Crippen MR) is 73.3 cm³/mol. The maximum absolute atomic E-state index is 3.43. The van der Waals surface area contributed by atoms with Crippen LogP contribution in [0.3, 0.4) is 0 Å². The molecule has 0 heterocycles. The van der Waals surface area contributed by atoms with Gasteiger partial charge in [-0.2, -0.15) is 0 Å². The third-order valence-corrected chi connectivity index (χ3v) is 2.91. The van der Waals surface area contributed by atoms with Crippen molar-refractivity contribution in [2.24, 2.45) is 0 Å². The van der Waals surface area contributed by atoms with E-state index in [0.29, 0.717) is 0 Å². The number of hydrogen-bond donors (Lipinski definition) is 0. The molecule has 80 valence electrons. The first-order valence-corrected chi connectivity index (χ1v) is 6.10. The second-order valence-electron chi connectivity index (χ2n) is 3.64. The summed E-state index contributed by atoms with van der Waals surface area (Å²) in [5, 5.41) is 0. The van der Waals surface area contributed by atoms with E-state index in [4.69, 9.17) is 0 Å². The maximum Gasteiger partial charge on any atom is 0.0175 e. The lowest BCUT2D eigenvalue weighted by Crippen LogP contribution is -1.78. The van der Waals surface area contributed by atoms with Crippen LogP contribution in [0.25, 0.3) is 6.08 Å². The summed E-state index contributed by atoms with van der Waals surface area (Å²) in [7, 11) is 0. The van der Waals surface area contributed by atoms with Gasteiger partial charge in [0.1, 0.15) is 0 Å². The smallest absolute Gasteiger partial charge is 0.0175 e. The van der Waals surface area contributed by atoms with E-state index >= 15 is 0 Å². The summed E-state index contributed by atoms with van der Waals surface area (Å²) in [5.74, 6) is 0. The van der Waals surface area contributed by atoms with Crippen molar-refractivity contribution in [2.75, 3.05) is 0 Å². The molecule has 16 heavy (non-hydrogen) atoms. The van der Waals surface area contributed by atoms with E-state index in [-0.39, 0.29) is 0 Å². The van der Waals surface area contributed by atoms with Crippen LogP contribution < -0.4 is 0 Å². The molecule has 0 nitrogen and oxygen atoms in total. The Kier molecular flexibility index (Phi) is 3.95. The quantitative estimate of drug-likeness (QED) is 0.760. The topological polar surface area (TPSA) is 0 Å². The number of rotatable bonds is 3. The van der Waals surface area contributed by atoms with Gasteiger partial charge in [-0.05, 0) is 29.7 Å². The highest BCUT2D eigenvalue weighted by Gasteiger charge is 1.88. The van der Waals surface area contributed by atoms with Gasteiger partial charge in [0, 0.05) is 4.47 Å². The van der Waals surface area contributed by atoms with Crippen molar-refractivity contribution >= 4 is 22.0 Å². The monoisotopic (exact) mass is 272 g/mol. The molecule has 0 amide bonds. The Bertz CT molecular complexity index is 455. The first-order chi connectivity index (χ1) is 7.84. The summed E-state index contributed by atoms with van der Waals surface area (Å²) in [5.41, 5.74) is 2.58. The average Bonchev–Trinajstić information content (AvgIpc) is 2.33. The largest absolute Gasteiger partial charge is 0.0795 e. The molecule has 2 aromatic rings. The van der Waals surface area contributed by atoms with E-state index in [2.05, 4.69) is 76.6 Å². The average molecular weight is 273 g/mol. The fraction of sp³-hybridized carbons (Fsp3) is 0.0667. The lowest BCUT2D eigenvalue weighted by atomic mass is 10.1. The van der Waals surface area contributed by atoms with Crippen LogP contribution in [0.1, 0.15) is 11.1 Å². The minimum atomic E-state index is 0.983. The summed E-state index contributed by atoms with van der Waals surface area (Å²) in [6.45, 7) is 0.